The Bertz CT molecular complexity index is 749. The molecule has 23 heavy (non-hydrogen) atoms. The monoisotopic (exact) mass is 314 g/mol. The molecule has 2 rings (SSSR count). The normalized spacial score (nSPS) is 10.1. The highest BCUT2D eigenvalue weighted by molar-refractivity contribution is 5.96. The van der Waals surface area contributed by atoms with Crippen LogP contribution in [-0.4, -0.2) is 26.2 Å². The number of aryl methyl sites for hydroxylation is 2. The quantitative estimate of drug-likeness (QED) is 0.806. The van der Waals surface area contributed by atoms with E-state index < -0.39 is 11.9 Å². The van der Waals surface area contributed by atoms with E-state index in [1.807, 2.05) is 32.0 Å². The van der Waals surface area contributed by atoms with Crippen LogP contribution in [0.15, 0.2) is 36.4 Å². The summed E-state index contributed by atoms with van der Waals surface area (Å²) >= 11 is 0. The van der Waals surface area contributed by atoms with E-state index in [1.165, 1.54) is 32.4 Å². The Morgan fingerprint density at radius 2 is 1.52 bits per heavy atom. The van der Waals surface area contributed by atoms with Gasteiger partial charge in [0, 0.05) is 0 Å². The summed E-state index contributed by atoms with van der Waals surface area (Å²) in [5.41, 5.74) is 2.46. The van der Waals surface area contributed by atoms with Crippen LogP contribution in [0.5, 0.6) is 11.5 Å². The fourth-order valence-corrected chi connectivity index (χ4v) is 2.07. The lowest BCUT2D eigenvalue weighted by Crippen LogP contribution is -2.07. The third-order valence-corrected chi connectivity index (χ3v) is 3.37. The minimum absolute atomic E-state index is 0.237. The number of hydrogen-bond donors (Lipinski definition) is 0. The summed E-state index contributed by atoms with van der Waals surface area (Å²) in [6, 6.07) is 10.2. The van der Waals surface area contributed by atoms with Crippen molar-refractivity contribution in [1.29, 1.82) is 0 Å². The molecule has 2 aromatic rings. The van der Waals surface area contributed by atoms with Crippen LogP contribution in [0.25, 0.3) is 0 Å². The predicted octanol–water partition coefficient (Wildman–Crippen LogP) is 3.67. The molecule has 0 N–H and O–H groups in total. The molecule has 0 saturated carbocycles. The summed E-state index contributed by atoms with van der Waals surface area (Å²) in [5.74, 6) is -0.195. The van der Waals surface area contributed by atoms with Crippen molar-refractivity contribution in [3.05, 3.63) is 58.7 Å². The van der Waals surface area contributed by atoms with Gasteiger partial charge < -0.3 is 14.2 Å². The van der Waals surface area contributed by atoms with Crippen LogP contribution in [-0.2, 0) is 9.47 Å². The molecule has 0 radical (unpaired) electrons. The maximum absolute atomic E-state index is 11.9. The minimum Gasteiger partial charge on any atom is -0.465 e. The van der Waals surface area contributed by atoms with Gasteiger partial charge in [-0.1, -0.05) is 12.1 Å². The van der Waals surface area contributed by atoms with Gasteiger partial charge in [0.05, 0.1) is 19.8 Å². The van der Waals surface area contributed by atoms with Crippen molar-refractivity contribution in [1.82, 2.24) is 0 Å². The van der Waals surface area contributed by atoms with Crippen LogP contribution in [0.1, 0.15) is 31.8 Å². The second-order valence-electron chi connectivity index (χ2n) is 5.07. The van der Waals surface area contributed by atoms with E-state index in [4.69, 9.17) is 14.2 Å². The first-order valence-corrected chi connectivity index (χ1v) is 7.02. The molecule has 0 spiro atoms. The average Bonchev–Trinajstić information content (AvgIpc) is 2.56. The number of ether oxygens (including phenoxy) is 3. The first kappa shape index (κ1) is 16.5. The van der Waals surface area contributed by atoms with Crippen LogP contribution in [0.2, 0.25) is 0 Å². The van der Waals surface area contributed by atoms with E-state index in [-0.39, 0.29) is 11.3 Å². The Kier molecular flexibility index (Phi) is 5.01. The minimum atomic E-state index is -0.540. The van der Waals surface area contributed by atoms with Crippen LogP contribution >= 0.6 is 0 Å². The van der Waals surface area contributed by atoms with Crippen molar-refractivity contribution in [2.45, 2.75) is 13.8 Å². The van der Waals surface area contributed by atoms with Crippen molar-refractivity contribution in [2.24, 2.45) is 0 Å². The van der Waals surface area contributed by atoms with Gasteiger partial charge in [-0.2, -0.15) is 0 Å². The maximum atomic E-state index is 11.9. The molecule has 120 valence electrons. The molecule has 0 saturated heterocycles. The Hall–Kier alpha value is -2.82. The molecule has 0 heterocycles. The molecule has 0 aliphatic rings. The zero-order chi connectivity index (χ0) is 17.0. The molecule has 0 fully saturated rings. The fourth-order valence-electron chi connectivity index (χ4n) is 2.07. The van der Waals surface area contributed by atoms with Gasteiger partial charge in [0.2, 0.25) is 0 Å². The molecule has 0 unspecified atom stereocenters. The van der Waals surface area contributed by atoms with Gasteiger partial charge in [0.25, 0.3) is 0 Å². The Morgan fingerprint density at radius 1 is 0.826 bits per heavy atom. The summed E-state index contributed by atoms with van der Waals surface area (Å²) in [7, 11) is 2.58. The van der Waals surface area contributed by atoms with Crippen LogP contribution < -0.4 is 4.74 Å². The fraction of sp³-hybridized carbons (Fsp3) is 0.222. The van der Waals surface area contributed by atoms with Gasteiger partial charge >= 0.3 is 11.9 Å². The van der Waals surface area contributed by atoms with E-state index in [0.29, 0.717) is 11.3 Å². The highest BCUT2D eigenvalue weighted by Gasteiger charge is 2.18. The molecular formula is C18H18O5. The number of methoxy groups -OCH3 is 2. The largest absolute Gasteiger partial charge is 0.465 e. The van der Waals surface area contributed by atoms with Gasteiger partial charge in [-0.25, -0.2) is 9.59 Å². The smallest absolute Gasteiger partial charge is 0.341 e. The molecule has 0 aliphatic heterocycles. The SMILES string of the molecule is COC(=O)c1ccc(C(=O)OC)c(Oc2cc(C)ccc2C)c1. The summed E-state index contributed by atoms with van der Waals surface area (Å²) in [5, 5.41) is 0. The zero-order valence-corrected chi connectivity index (χ0v) is 13.5. The molecule has 0 amide bonds. The number of carbonyl (C=O) groups is 2. The van der Waals surface area contributed by atoms with Crippen molar-refractivity contribution in [3.63, 3.8) is 0 Å². The van der Waals surface area contributed by atoms with Crippen molar-refractivity contribution >= 4 is 11.9 Å². The number of hydrogen-bond acceptors (Lipinski definition) is 5. The standard InChI is InChI=1S/C18H18O5/c1-11-5-6-12(2)15(9-11)23-16-10-13(17(19)21-3)7-8-14(16)18(20)22-4/h5-10H,1-4H3. The number of benzene rings is 2. The number of rotatable bonds is 4. The lowest BCUT2D eigenvalue weighted by atomic mass is 10.1. The molecule has 0 aliphatic carbocycles. The molecule has 0 aromatic heterocycles. The van der Waals surface area contributed by atoms with Crippen molar-refractivity contribution < 1.29 is 23.8 Å². The highest BCUT2D eigenvalue weighted by Crippen LogP contribution is 2.30. The van der Waals surface area contributed by atoms with E-state index in [9.17, 15) is 9.59 Å². The summed E-state index contributed by atoms with van der Waals surface area (Å²) in [6.07, 6.45) is 0. The molecule has 2 aromatic carbocycles. The Morgan fingerprint density at radius 3 is 2.17 bits per heavy atom. The van der Waals surface area contributed by atoms with Crippen molar-refractivity contribution in [2.75, 3.05) is 14.2 Å². The predicted molar refractivity (Wildman–Crippen MR) is 85.1 cm³/mol. The molecule has 5 heteroatoms. The van der Waals surface area contributed by atoms with Crippen LogP contribution in [0, 0.1) is 13.8 Å². The summed E-state index contributed by atoms with van der Waals surface area (Å²) < 4.78 is 15.3. The van der Waals surface area contributed by atoms with Crippen molar-refractivity contribution in [3.8, 4) is 11.5 Å². The molecule has 5 nitrogen and oxygen atoms in total. The lowest BCUT2D eigenvalue weighted by molar-refractivity contribution is 0.0584. The Labute approximate surface area is 134 Å². The van der Waals surface area contributed by atoms with E-state index in [2.05, 4.69) is 0 Å². The topological polar surface area (TPSA) is 61.8 Å². The van der Waals surface area contributed by atoms with Gasteiger partial charge in [0.1, 0.15) is 17.1 Å². The average molecular weight is 314 g/mol. The number of carbonyl (C=O) groups excluding carboxylic acids is 2. The van der Waals surface area contributed by atoms with Crippen LogP contribution in [0.3, 0.4) is 0 Å². The van der Waals surface area contributed by atoms with Gasteiger partial charge in [0.15, 0.2) is 0 Å². The molecule has 0 atom stereocenters. The number of esters is 2. The second-order valence-corrected chi connectivity index (χ2v) is 5.07. The summed E-state index contributed by atoms with van der Waals surface area (Å²) in [4.78, 5) is 23.6. The zero-order valence-electron chi connectivity index (χ0n) is 13.5. The third-order valence-electron chi connectivity index (χ3n) is 3.37. The first-order chi connectivity index (χ1) is 11.0. The van der Waals surface area contributed by atoms with Gasteiger partial charge in [-0.05, 0) is 49.2 Å². The maximum Gasteiger partial charge on any atom is 0.341 e. The summed E-state index contributed by atoms with van der Waals surface area (Å²) in [6.45, 7) is 3.84. The van der Waals surface area contributed by atoms with Crippen LogP contribution in [0.4, 0.5) is 0 Å². The van der Waals surface area contributed by atoms with E-state index >= 15 is 0 Å². The highest BCUT2D eigenvalue weighted by atomic mass is 16.5. The van der Waals surface area contributed by atoms with E-state index in [0.717, 1.165) is 11.1 Å². The Balaban J connectivity index is 2.50. The molecular weight excluding hydrogens is 296 g/mol. The third kappa shape index (κ3) is 3.69. The van der Waals surface area contributed by atoms with Gasteiger partial charge in [-0.3, -0.25) is 0 Å². The first-order valence-electron chi connectivity index (χ1n) is 7.02. The van der Waals surface area contributed by atoms with Gasteiger partial charge in [-0.15, -0.1) is 0 Å². The van der Waals surface area contributed by atoms with E-state index in [1.54, 1.807) is 0 Å². The lowest BCUT2D eigenvalue weighted by Gasteiger charge is -2.13. The second kappa shape index (κ2) is 6.96. The molecule has 0 bridgehead atoms.